The standard InChI is InChI=1S/C15H13BrO3/c1-9-3-6-13(12(16)7-9)19-14-8-11(15(17)18)5-4-10(14)2/h3-8H,1-2H3,(H,17,18). The Kier molecular flexibility index (Phi) is 3.90. The predicted octanol–water partition coefficient (Wildman–Crippen LogP) is 4.56. The van der Waals surface area contributed by atoms with Crippen molar-refractivity contribution in [1.29, 1.82) is 0 Å². The molecular weight excluding hydrogens is 308 g/mol. The maximum Gasteiger partial charge on any atom is 0.335 e. The minimum Gasteiger partial charge on any atom is -0.478 e. The molecule has 0 saturated heterocycles. The van der Waals surface area contributed by atoms with Crippen LogP contribution in [0.4, 0.5) is 0 Å². The Balaban J connectivity index is 2.37. The zero-order chi connectivity index (χ0) is 14.0. The third-order valence-electron chi connectivity index (χ3n) is 2.74. The van der Waals surface area contributed by atoms with Gasteiger partial charge in [0, 0.05) is 0 Å². The van der Waals surface area contributed by atoms with Crippen LogP contribution in [-0.4, -0.2) is 11.1 Å². The second-order valence-electron chi connectivity index (χ2n) is 4.32. The number of aryl methyl sites for hydroxylation is 2. The van der Waals surface area contributed by atoms with Crippen molar-refractivity contribution in [3.05, 3.63) is 57.6 Å². The summed E-state index contributed by atoms with van der Waals surface area (Å²) in [6, 6.07) is 10.6. The maximum absolute atomic E-state index is 11.0. The first-order valence-corrected chi connectivity index (χ1v) is 6.54. The van der Waals surface area contributed by atoms with Crippen LogP contribution in [0.2, 0.25) is 0 Å². The van der Waals surface area contributed by atoms with Gasteiger partial charge in [-0.2, -0.15) is 0 Å². The number of carboxylic acids is 1. The maximum atomic E-state index is 11.0. The van der Waals surface area contributed by atoms with Gasteiger partial charge in [-0.1, -0.05) is 12.1 Å². The molecule has 0 spiro atoms. The average Bonchev–Trinajstić information content (AvgIpc) is 2.34. The van der Waals surface area contributed by atoms with E-state index >= 15 is 0 Å². The summed E-state index contributed by atoms with van der Waals surface area (Å²) in [6.45, 7) is 3.87. The van der Waals surface area contributed by atoms with Crippen LogP contribution in [0.1, 0.15) is 21.5 Å². The van der Waals surface area contributed by atoms with Crippen LogP contribution in [-0.2, 0) is 0 Å². The minimum absolute atomic E-state index is 0.212. The van der Waals surface area contributed by atoms with Gasteiger partial charge >= 0.3 is 5.97 Å². The second-order valence-corrected chi connectivity index (χ2v) is 5.18. The fourth-order valence-electron chi connectivity index (χ4n) is 1.65. The first-order valence-electron chi connectivity index (χ1n) is 5.75. The number of rotatable bonds is 3. The second kappa shape index (κ2) is 5.45. The molecular formula is C15H13BrO3. The Labute approximate surface area is 120 Å². The quantitative estimate of drug-likeness (QED) is 0.902. The fraction of sp³-hybridized carbons (Fsp3) is 0.133. The van der Waals surface area contributed by atoms with Crippen LogP contribution in [0.5, 0.6) is 11.5 Å². The SMILES string of the molecule is Cc1ccc(Oc2cc(C(=O)O)ccc2C)c(Br)c1. The Morgan fingerprint density at radius 2 is 1.84 bits per heavy atom. The third kappa shape index (κ3) is 3.15. The normalized spacial score (nSPS) is 10.3. The summed E-state index contributed by atoms with van der Waals surface area (Å²) in [4.78, 5) is 11.0. The van der Waals surface area contributed by atoms with E-state index in [1.165, 1.54) is 6.07 Å². The van der Waals surface area contributed by atoms with E-state index in [-0.39, 0.29) is 5.56 Å². The monoisotopic (exact) mass is 320 g/mol. The van der Waals surface area contributed by atoms with Gasteiger partial charge in [-0.3, -0.25) is 0 Å². The molecule has 1 N–H and O–H groups in total. The smallest absolute Gasteiger partial charge is 0.335 e. The first kappa shape index (κ1) is 13.6. The number of hydrogen-bond donors (Lipinski definition) is 1. The summed E-state index contributed by atoms with van der Waals surface area (Å²) >= 11 is 3.44. The van der Waals surface area contributed by atoms with E-state index in [1.54, 1.807) is 12.1 Å². The summed E-state index contributed by atoms with van der Waals surface area (Å²) in [7, 11) is 0. The topological polar surface area (TPSA) is 46.5 Å². The Bertz CT molecular complexity index is 635. The van der Waals surface area contributed by atoms with Crippen molar-refractivity contribution in [3.8, 4) is 11.5 Å². The number of halogens is 1. The molecule has 19 heavy (non-hydrogen) atoms. The Morgan fingerprint density at radius 3 is 2.47 bits per heavy atom. The molecule has 0 aliphatic rings. The third-order valence-corrected chi connectivity index (χ3v) is 3.36. The molecule has 3 nitrogen and oxygen atoms in total. The van der Waals surface area contributed by atoms with Gasteiger partial charge in [-0.05, 0) is 65.2 Å². The average molecular weight is 321 g/mol. The number of carboxylic acid groups (broad SMARTS) is 1. The molecule has 0 amide bonds. The Morgan fingerprint density at radius 1 is 1.11 bits per heavy atom. The zero-order valence-electron chi connectivity index (χ0n) is 10.6. The molecule has 4 heteroatoms. The minimum atomic E-state index is -0.965. The van der Waals surface area contributed by atoms with Gasteiger partial charge in [0.25, 0.3) is 0 Å². The van der Waals surface area contributed by atoms with E-state index in [9.17, 15) is 4.79 Å². The molecule has 0 aliphatic carbocycles. The molecule has 0 fully saturated rings. The molecule has 0 heterocycles. The highest BCUT2D eigenvalue weighted by atomic mass is 79.9. The lowest BCUT2D eigenvalue weighted by molar-refractivity contribution is 0.0696. The van der Waals surface area contributed by atoms with Crippen LogP contribution >= 0.6 is 15.9 Å². The summed E-state index contributed by atoms with van der Waals surface area (Å²) < 4.78 is 6.62. The van der Waals surface area contributed by atoms with Crippen molar-refractivity contribution >= 4 is 21.9 Å². The number of aromatic carboxylic acids is 1. The molecule has 98 valence electrons. The van der Waals surface area contributed by atoms with Gasteiger partial charge in [-0.25, -0.2) is 4.79 Å². The number of ether oxygens (including phenoxy) is 1. The number of benzene rings is 2. The van der Waals surface area contributed by atoms with Crippen LogP contribution in [0.25, 0.3) is 0 Å². The lowest BCUT2D eigenvalue weighted by atomic mass is 10.1. The molecule has 2 rings (SSSR count). The van der Waals surface area contributed by atoms with E-state index in [2.05, 4.69) is 15.9 Å². The largest absolute Gasteiger partial charge is 0.478 e. The van der Waals surface area contributed by atoms with Crippen molar-refractivity contribution < 1.29 is 14.6 Å². The van der Waals surface area contributed by atoms with Crippen LogP contribution in [0, 0.1) is 13.8 Å². The van der Waals surface area contributed by atoms with Gasteiger partial charge in [0.1, 0.15) is 11.5 Å². The molecule has 2 aromatic carbocycles. The van der Waals surface area contributed by atoms with Crippen LogP contribution in [0.15, 0.2) is 40.9 Å². The lowest BCUT2D eigenvalue weighted by Gasteiger charge is -2.11. The van der Waals surface area contributed by atoms with Crippen molar-refractivity contribution in [1.82, 2.24) is 0 Å². The van der Waals surface area contributed by atoms with Gasteiger partial charge in [0.15, 0.2) is 0 Å². The zero-order valence-corrected chi connectivity index (χ0v) is 12.2. The van der Waals surface area contributed by atoms with Crippen molar-refractivity contribution in [2.45, 2.75) is 13.8 Å². The van der Waals surface area contributed by atoms with E-state index in [0.717, 1.165) is 15.6 Å². The highest BCUT2D eigenvalue weighted by Gasteiger charge is 2.09. The van der Waals surface area contributed by atoms with Crippen LogP contribution < -0.4 is 4.74 Å². The van der Waals surface area contributed by atoms with Gasteiger partial charge in [0.05, 0.1) is 10.0 Å². The molecule has 0 bridgehead atoms. The number of carbonyl (C=O) groups is 1. The van der Waals surface area contributed by atoms with Crippen molar-refractivity contribution in [2.24, 2.45) is 0 Å². The molecule has 2 aromatic rings. The molecule has 0 unspecified atom stereocenters. The highest BCUT2D eigenvalue weighted by molar-refractivity contribution is 9.10. The van der Waals surface area contributed by atoms with E-state index in [4.69, 9.17) is 9.84 Å². The van der Waals surface area contributed by atoms with Crippen LogP contribution in [0.3, 0.4) is 0 Å². The summed E-state index contributed by atoms with van der Waals surface area (Å²) in [6.07, 6.45) is 0. The van der Waals surface area contributed by atoms with E-state index in [1.807, 2.05) is 32.0 Å². The van der Waals surface area contributed by atoms with Crippen molar-refractivity contribution in [2.75, 3.05) is 0 Å². The summed E-state index contributed by atoms with van der Waals surface area (Å²) in [5.74, 6) is 0.244. The summed E-state index contributed by atoms with van der Waals surface area (Å²) in [5, 5.41) is 8.99. The molecule has 0 aromatic heterocycles. The fourth-order valence-corrected chi connectivity index (χ4v) is 2.22. The molecule has 0 aliphatic heterocycles. The van der Waals surface area contributed by atoms with E-state index in [0.29, 0.717) is 11.5 Å². The number of hydrogen-bond acceptors (Lipinski definition) is 2. The molecule has 0 atom stereocenters. The highest BCUT2D eigenvalue weighted by Crippen LogP contribution is 2.32. The van der Waals surface area contributed by atoms with E-state index < -0.39 is 5.97 Å². The van der Waals surface area contributed by atoms with Crippen molar-refractivity contribution in [3.63, 3.8) is 0 Å². The molecule has 0 radical (unpaired) electrons. The lowest BCUT2D eigenvalue weighted by Crippen LogP contribution is -1.98. The van der Waals surface area contributed by atoms with Gasteiger partial charge < -0.3 is 9.84 Å². The van der Waals surface area contributed by atoms with Gasteiger partial charge in [0.2, 0.25) is 0 Å². The Hall–Kier alpha value is -1.81. The first-order chi connectivity index (χ1) is 8.97. The summed E-state index contributed by atoms with van der Waals surface area (Å²) in [5.41, 5.74) is 2.22. The predicted molar refractivity (Wildman–Crippen MR) is 77.1 cm³/mol. The molecule has 0 saturated carbocycles. The van der Waals surface area contributed by atoms with Gasteiger partial charge in [-0.15, -0.1) is 0 Å².